The summed E-state index contributed by atoms with van der Waals surface area (Å²) in [7, 11) is 0. The van der Waals surface area contributed by atoms with Crippen LogP contribution in [0.1, 0.15) is 39.2 Å². The zero-order valence-corrected chi connectivity index (χ0v) is 17.6. The highest BCUT2D eigenvalue weighted by molar-refractivity contribution is 5.68. The molecule has 0 saturated carbocycles. The molecule has 3 heterocycles. The molecule has 1 saturated heterocycles. The van der Waals surface area contributed by atoms with Crippen LogP contribution in [-0.4, -0.2) is 56.1 Å². The first-order valence-corrected chi connectivity index (χ1v) is 10.2. The number of amides is 1. The number of nitrogens with zero attached hydrogens (tertiary/aromatic N) is 4. The van der Waals surface area contributed by atoms with Crippen LogP contribution in [0.4, 0.5) is 9.18 Å². The van der Waals surface area contributed by atoms with Crippen LogP contribution in [0.15, 0.2) is 41.5 Å². The number of hydrogen-bond acceptors (Lipinski definition) is 5. The van der Waals surface area contributed by atoms with E-state index < -0.39 is 11.4 Å². The van der Waals surface area contributed by atoms with E-state index in [2.05, 4.69) is 22.0 Å². The second-order valence-electron chi connectivity index (χ2n) is 9.09. The summed E-state index contributed by atoms with van der Waals surface area (Å²) >= 11 is 0. The molecule has 4 rings (SSSR count). The largest absolute Gasteiger partial charge is 0.444 e. The van der Waals surface area contributed by atoms with Gasteiger partial charge in [-0.1, -0.05) is 12.2 Å². The summed E-state index contributed by atoms with van der Waals surface area (Å²) in [5.41, 5.74) is -0.165. The number of piperazine rings is 1. The van der Waals surface area contributed by atoms with Crippen LogP contribution in [0.5, 0.6) is 0 Å². The van der Waals surface area contributed by atoms with Crippen molar-refractivity contribution in [2.24, 2.45) is 0 Å². The zero-order valence-electron chi connectivity index (χ0n) is 17.6. The van der Waals surface area contributed by atoms with Crippen molar-refractivity contribution < 1.29 is 13.9 Å². The Morgan fingerprint density at radius 1 is 1.23 bits per heavy atom. The first-order chi connectivity index (χ1) is 14.2. The Morgan fingerprint density at radius 3 is 2.67 bits per heavy atom. The van der Waals surface area contributed by atoms with Crippen LogP contribution < -0.4 is 5.56 Å². The monoisotopic (exact) mass is 414 g/mol. The number of carbonyl (C=O) groups is 1. The number of aromatic nitrogens is 2. The van der Waals surface area contributed by atoms with Gasteiger partial charge in [0.1, 0.15) is 17.1 Å². The Balaban J connectivity index is 1.58. The number of fused-ring (bicyclic) bond motifs is 1. The van der Waals surface area contributed by atoms with E-state index in [0.29, 0.717) is 37.4 Å². The quantitative estimate of drug-likeness (QED) is 0.707. The van der Waals surface area contributed by atoms with Gasteiger partial charge in [-0.15, -0.1) is 0 Å². The van der Waals surface area contributed by atoms with Crippen molar-refractivity contribution >= 4 is 11.7 Å². The summed E-state index contributed by atoms with van der Waals surface area (Å²) in [5, 5.41) is 0. The lowest BCUT2D eigenvalue weighted by Crippen LogP contribution is -2.62. The fourth-order valence-corrected chi connectivity index (χ4v) is 4.22. The van der Waals surface area contributed by atoms with Gasteiger partial charge in [0, 0.05) is 44.1 Å². The summed E-state index contributed by atoms with van der Waals surface area (Å²) in [6.07, 6.45) is 8.26. The standard InChI is InChI=1S/C22H27FN4O3/c1-21(2,3)30-20(29)25-10-11-26(22(15-25)8-4-5-9-22)13-16-12-24-18-7-6-17(23)14-27(18)19(16)28/h4-7,12,14H,8-11,13,15H2,1-3H3. The molecular weight excluding hydrogens is 387 g/mol. The van der Waals surface area contributed by atoms with Crippen LogP contribution in [0, 0.1) is 5.82 Å². The van der Waals surface area contributed by atoms with Crippen molar-refractivity contribution in [2.75, 3.05) is 19.6 Å². The van der Waals surface area contributed by atoms with E-state index in [1.807, 2.05) is 20.8 Å². The number of carbonyl (C=O) groups excluding carboxylic acids is 1. The summed E-state index contributed by atoms with van der Waals surface area (Å²) in [6, 6.07) is 2.78. The third-order valence-corrected chi connectivity index (χ3v) is 5.71. The van der Waals surface area contributed by atoms with Gasteiger partial charge in [-0.05, 0) is 45.7 Å². The molecule has 1 spiro atoms. The number of pyridine rings is 1. The van der Waals surface area contributed by atoms with Crippen LogP contribution >= 0.6 is 0 Å². The second-order valence-corrected chi connectivity index (χ2v) is 9.09. The molecule has 2 aliphatic rings. The third-order valence-electron chi connectivity index (χ3n) is 5.71. The molecular formula is C22H27FN4O3. The van der Waals surface area contributed by atoms with Crippen LogP contribution in [0.25, 0.3) is 5.65 Å². The minimum atomic E-state index is -0.546. The number of halogens is 1. The summed E-state index contributed by atoms with van der Waals surface area (Å²) in [5.74, 6) is -0.481. The van der Waals surface area contributed by atoms with E-state index in [-0.39, 0.29) is 17.2 Å². The molecule has 7 nitrogen and oxygen atoms in total. The Bertz CT molecular complexity index is 1050. The van der Waals surface area contributed by atoms with Gasteiger partial charge in [-0.2, -0.15) is 0 Å². The molecule has 1 amide bonds. The molecule has 1 fully saturated rings. The average molecular weight is 414 g/mol. The normalized spacial score (nSPS) is 19.0. The first-order valence-electron chi connectivity index (χ1n) is 10.2. The third kappa shape index (κ3) is 3.96. The molecule has 1 aliphatic carbocycles. The maximum atomic E-state index is 13.6. The van der Waals surface area contributed by atoms with E-state index in [0.717, 1.165) is 12.8 Å². The maximum Gasteiger partial charge on any atom is 0.410 e. The molecule has 1 aliphatic heterocycles. The highest BCUT2D eigenvalue weighted by atomic mass is 19.1. The number of hydrogen-bond donors (Lipinski definition) is 0. The van der Waals surface area contributed by atoms with Gasteiger partial charge in [0.05, 0.1) is 5.56 Å². The average Bonchev–Trinajstić information content (AvgIpc) is 3.13. The fourth-order valence-electron chi connectivity index (χ4n) is 4.22. The van der Waals surface area contributed by atoms with Crippen molar-refractivity contribution in [3.8, 4) is 0 Å². The first kappa shape index (κ1) is 20.5. The molecule has 8 heteroatoms. The number of rotatable bonds is 2. The molecule has 2 aromatic rings. The molecule has 0 radical (unpaired) electrons. The van der Waals surface area contributed by atoms with Gasteiger partial charge in [-0.25, -0.2) is 14.2 Å². The molecule has 2 aromatic heterocycles. The summed E-state index contributed by atoms with van der Waals surface area (Å²) in [6.45, 7) is 7.64. The van der Waals surface area contributed by atoms with E-state index >= 15 is 0 Å². The van der Waals surface area contributed by atoms with Crippen LogP contribution in [-0.2, 0) is 11.3 Å². The molecule has 160 valence electrons. The van der Waals surface area contributed by atoms with Crippen molar-refractivity contribution in [1.82, 2.24) is 19.2 Å². The van der Waals surface area contributed by atoms with E-state index in [1.165, 1.54) is 22.7 Å². The van der Waals surface area contributed by atoms with Crippen LogP contribution in [0.2, 0.25) is 0 Å². The second kappa shape index (κ2) is 7.50. The molecule has 30 heavy (non-hydrogen) atoms. The van der Waals surface area contributed by atoms with Gasteiger partial charge in [0.25, 0.3) is 5.56 Å². The minimum Gasteiger partial charge on any atom is -0.444 e. The molecule has 0 N–H and O–H groups in total. The maximum absolute atomic E-state index is 13.6. The molecule has 0 atom stereocenters. The molecule has 0 bridgehead atoms. The van der Waals surface area contributed by atoms with Gasteiger partial charge >= 0.3 is 6.09 Å². The van der Waals surface area contributed by atoms with Gasteiger partial charge in [0.15, 0.2) is 0 Å². The van der Waals surface area contributed by atoms with E-state index in [4.69, 9.17) is 4.74 Å². The molecule has 0 aromatic carbocycles. The van der Waals surface area contributed by atoms with Gasteiger partial charge in [-0.3, -0.25) is 14.1 Å². The minimum absolute atomic E-state index is 0.268. The topological polar surface area (TPSA) is 67.2 Å². The van der Waals surface area contributed by atoms with E-state index in [1.54, 1.807) is 11.1 Å². The number of ether oxygens (including phenoxy) is 1. The fraction of sp³-hybridized carbons (Fsp3) is 0.500. The Morgan fingerprint density at radius 2 is 1.97 bits per heavy atom. The summed E-state index contributed by atoms with van der Waals surface area (Å²) in [4.78, 5) is 33.9. The highest BCUT2D eigenvalue weighted by Gasteiger charge is 2.44. The smallest absolute Gasteiger partial charge is 0.410 e. The van der Waals surface area contributed by atoms with E-state index in [9.17, 15) is 14.0 Å². The highest BCUT2D eigenvalue weighted by Crippen LogP contribution is 2.35. The van der Waals surface area contributed by atoms with Crippen molar-refractivity contribution in [1.29, 1.82) is 0 Å². The van der Waals surface area contributed by atoms with Gasteiger partial charge < -0.3 is 9.64 Å². The van der Waals surface area contributed by atoms with Gasteiger partial charge in [0.2, 0.25) is 0 Å². The lowest BCUT2D eigenvalue weighted by Gasteiger charge is -2.49. The lowest BCUT2D eigenvalue weighted by atomic mass is 9.90. The van der Waals surface area contributed by atoms with Crippen molar-refractivity contribution in [3.05, 3.63) is 58.4 Å². The Kier molecular flexibility index (Phi) is 5.13. The molecule has 0 unspecified atom stereocenters. The van der Waals surface area contributed by atoms with Crippen LogP contribution in [0.3, 0.4) is 0 Å². The summed E-state index contributed by atoms with van der Waals surface area (Å²) < 4.78 is 20.4. The van der Waals surface area contributed by atoms with Crippen molar-refractivity contribution in [3.63, 3.8) is 0 Å². The SMILES string of the molecule is CC(C)(C)OC(=O)N1CCN(Cc2cnc3ccc(F)cn3c2=O)C2(CC=CC2)C1. The predicted molar refractivity (Wildman–Crippen MR) is 111 cm³/mol. The lowest BCUT2D eigenvalue weighted by molar-refractivity contribution is -0.0259. The Labute approximate surface area is 174 Å². The predicted octanol–water partition coefficient (Wildman–Crippen LogP) is 2.98. The van der Waals surface area contributed by atoms with Crippen molar-refractivity contribution in [2.45, 2.75) is 51.3 Å². The Hall–Kier alpha value is -2.74. The zero-order chi connectivity index (χ0) is 21.5.